The van der Waals surface area contributed by atoms with E-state index in [1.54, 1.807) is 6.21 Å². The van der Waals surface area contributed by atoms with Crippen molar-refractivity contribution in [3.63, 3.8) is 0 Å². The Morgan fingerprint density at radius 1 is 1.10 bits per heavy atom. The number of hydrogen-bond donors (Lipinski definition) is 0. The van der Waals surface area contributed by atoms with Gasteiger partial charge in [-0.1, -0.05) is 11.6 Å². The second kappa shape index (κ2) is 10.3. The Kier molecular flexibility index (Phi) is 7.27. The van der Waals surface area contributed by atoms with Gasteiger partial charge in [-0.05, 0) is 69.3 Å². The van der Waals surface area contributed by atoms with Crippen molar-refractivity contribution >= 4 is 23.9 Å². The maximum absolute atomic E-state index is 12.1. The molecular formula is C23H29ClN4O3. The molecular weight excluding hydrogens is 416 g/mol. The molecule has 1 atom stereocenters. The van der Waals surface area contributed by atoms with Gasteiger partial charge in [0, 0.05) is 36.8 Å². The number of likely N-dealkylation sites (N-methyl/N-ethyl adjacent to an activating group) is 1. The molecule has 8 heteroatoms. The minimum absolute atomic E-state index is 0.0987. The maximum atomic E-state index is 12.1. The topological polar surface area (TPSA) is 61.5 Å². The largest absolute Gasteiger partial charge is 0.455 e. The van der Waals surface area contributed by atoms with Crippen molar-refractivity contribution in [1.82, 2.24) is 14.8 Å². The maximum Gasteiger partial charge on any atom is 0.430 e. The van der Waals surface area contributed by atoms with Crippen LogP contribution in [0.3, 0.4) is 0 Å². The van der Waals surface area contributed by atoms with Crippen LogP contribution in [0.4, 0.5) is 4.79 Å². The third-order valence-electron chi connectivity index (χ3n) is 5.78. The summed E-state index contributed by atoms with van der Waals surface area (Å²) in [5.74, 6) is 1.30. The third-order valence-corrected chi connectivity index (χ3v) is 6.03. The molecule has 0 spiro atoms. The number of carbonyl (C=O) groups excluding carboxylic acids is 1. The van der Waals surface area contributed by atoms with E-state index in [-0.39, 0.29) is 6.10 Å². The summed E-state index contributed by atoms with van der Waals surface area (Å²) in [4.78, 5) is 17.0. The number of halogens is 1. The highest BCUT2D eigenvalue weighted by Crippen LogP contribution is 2.23. The fourth-order valence-corrected chi connectivity index (χ4v) is 3.98. The molecule has 1 amide bonds. The number of cyclic esters (lactones) is 1. The molecule has 166 valence electrons. The van der Waals surface area contributed by atoms with Crippen LogP contribution in [0.5, 0.6) is 0 Å². The van der Waals surface area contributed by atoms with Crippen LogP contribution in [0.25, 0.3) is 11.3 Å². The predicted octanol–water partition coefficient (Wildman–Crippen LogP) is 4.17. The highest BCUT2D eigenvalue weighted by atomic mass is 35.5. The highest BCUT2D eigenvalue weighted by Gasteiger charge is 2.30. The van der Waals surface area contributed by atoms with Crippen molar-refractivity contribution in [2.45, 2.75) is 25.4 Å². The molecule has 2 aliphatic rings. The van der Waals surface area contributed by atoms with Gasteiger partial charge in [-0.2, -0.15) is 10.1 Å². The van der Waals surface area contributed by atoms with Crippen molar-refractivity contribution < 1.29 is 13.9 Å². The Hall–Kier alpha value is -2.35. The fourth-order valence-electron chi connectivity index (χ4n) is 3.85. The number of benzene rings is 1. The zero-order valence-corrected chi connectivity index (χ0v) is 18.6. The van der Waals surface area contributed by atoms with Gasteiger partial charge < -0.3 is 19.0 Å². The Morgan fingerprint density at radius 3 is 2.65 bits per heavy atom. The first-order valence-corrected chi connectivity index (χ1v) is 11.2. The summed E-state index contributed by atoms with van der Waals surface area (Å²) in [6, 6.07) is 11.1. The van der Waals surface area contributed by atoms with Crippen molar-refractivity contribution in [2.75, 3.05) is 46.3 Å². The van der Waals surface area contributed by atoms with Crippen LogP contribution >= 0.6 is 11.6 Å². The third kappa shape index (κ3) is 6.09. The van der Waals surface area contributed by atoms with E-state index in [0.29, 0.717) is 17.3 Å². The predicted molar refractivity (Wildman–Crippen MR) is 122 cm³/mol. The number of piperazine rings is 1. The van der Waals surface area contributed by atoms with Crippen molar-refractivity contribution in [3.05, 3.63) is 47.2 Å². The van der Waals surface area contributed by atoms with E-state index in [1.807, 2.05) is 36.4 Å². The van der Waals surface area contributed by atoms with E-state index in [4.69, 9.17) is 20.8 Å². The normalized spacial score (nSPS) is 20.6. The van der Waals surface area contributed by atoms with Crippen molar-refractivity contribution in [2.24, 2.45) is 5.10 Å². The number of nitrogens with zero attached hydrogens (tertiary/aromatic N) is 4. The molecule has 2 saturated heterocycles. The van der Waals surface area contributed by atoms with Gasteiger partial charge in [0.1, 0.15) is 17.6 Å². The van der Waals surface area contributed by atoms with E-state index < -0.39 is 6.09 Å². The molecule has 2 aliphatic heterocycles. The summed E-state index contributed by atoms with van der Waals surface area (Å²) in [6.45, 7) is 6.17. The lowest BCUT2D eigenvalue weighted by Gasteiger charge is -2.32. The van der Waals surface area contributed by atoms with Crippen LogP contribution < -0.4 is 0 Å². The number of rotatable bonds is 8. The van der Waals surface area contributed by atoms with Crippen LogP contribution in [0.1, 0.15) is 25.0 Å². The van der Waals surface area contributed by atoms with Gasteiger partial charge in [-0.25, -0.2) is 4.79 Å². The van der Waals surface area contributed by atoms with Gasteiger partial charge in [0.05, 0.1) is 12.8 Å². The summed E-state index contributed by atoms with van der Waals surface area (Å²) in [7, 11) is 2.17. The second-order valence-corrected chi connectivity index (χ2v) is 8.62. The minimum Gasteiger partial charge on any atom is -0.455 e. The lowest BCUT2D eigenvalue weighted by atomic mass is 10.1. The van der Waals surface area contributed by atoms with Crippen LogP contribution in [-0.2, 0) is 4.74 Å². The standard InChI is InChI=1S/C23H29ClN4O3/c1-26-12-14-27(15-13-26)11-3-2-4-21-17-28(23(29)31-21)25-16-20-9-10-22(30-20)18-5-7-19(24)8-6-18/h5-10,16,21H,2-4,11-15,17H2,1H3/b25-16+. The number of hydrazone groups is 1. The quantitative estimate of drug-likeness (QED) is 0.451. The van der Waals surface area contributed by atoms with E-state index in [0.717, 1.165) is 63.3 Å². The molecule has 0 N–H and O–H groups in total. The highest BCUT2D eigenvalue weighted by molar-refractivity contribution is 6.30. The number of furan rings is 1. The monoisotopic (exact) mass is 444 g/mol. The molecule has 2 fully saturated rings. The Morgan fingerprint density at radius 2 is 1.87 bits per heavy atom. The average molecular weight is 445 g/mol. The number of carbonyl (C=O) groups is 1. The molecule has 31 heavy (non-hydrogen) atoms. The van der Waals surface area contributed by atoms with Crippen LogP contribution in [0.2, 0.25) is 5.02 Å². The van der Waals surface area contributed by atoms with Crippen LogP contribution in [0, 0.1) is 0 Å². The Bertz CT molecular complexity index is 890. The SMILES string of the molecule is CN1CCN(CCCCC2CN(/N=C/c3ccc(-c4ccc(Cl)cc4)o3)C(=O)O2)CC1. The Labute approximate surface area is 188 Å². The molecule has 2 aromatic rings. The second-order valence-electron chi connectivity index (χ2n) is 8.18. The Balaban J connectivity index is 1.20. The molecule has 0 aliphatic carbocycles. The van der Waals surface area contributed by atoms with Crippen LogP contribution in [-0.4, -0.2) is 79.5 Å². The summed E-state index contributed by atoms with van der Waals surface area (Å²) in [6.07, 6.45) is 4.09. The molecule has 3 heterocycles. The first kappa shape index (κ1) is 21.9. The summed E-state index contributed by atoms with van der Waals surface area (Å²) >= 11 is 5.93. The minimum atomic E-state index is -0.398. The number of amides is 1. The summed E-state index contributed by atoms with van der Waals surface area (Å²) < 4.78 is 11.3. The summed E-state index contributed by atoms with van der Waals surface area (Å²) in [5, 5.41) is 6.31. The lowest BCUT2D eigenvalue weighted by Crippen LogP contribution is -2.44. The molecule has 7 nitrogen and oxygen atoms in total. The number of hydrogen-bond acceptors (Lipinski definition) is 6. The zero-order chi connectivity index (χ0) is 21.6. The van der Waals surface area contributed by atoms with Crippen molar-refractivity contribution in [1.29, 1.82) is 0 Å². The molecule has 4 rings (SSSR count). The lowest BCUT2D eigenvalue weighted by molar-refractivity contribution is 0.125. The molecule has 1 unspecified atom stereocenters. The first-order chi connectivity index (χ1) is 15.1. The molecule has 1 aromatic heterocycles. The summed E-state index contributed by atoms with van der Waals surface area (Å²) in [5.41, 5.74) is 0.932. The van der Waals surface area contributed by atoms with E-state index >= 15 is 0 Å². The van der Waals surface area contributed by atoms with Gasteiger partial charge in [-0.15, -0.1) is 0 Å². The van der Waals surface area contributed by atoms with E-state index in [1.165, 1.54) is 5.01 Å². The molecule has 1 aromatic carbocycles. The van der Waals surface area contributed by atoms with E-state index in [9.17, 15) is 4.79 Å². The fraction of sp³-hybridized carbons (Fsp3) is 0.478. The zero-order valence-electron chi connectivity index (χ0n) is 17.9. The van der Waals surface area contributed by atoms with Gasteiger partial charge >= 0.3 is 6.09 Å². The molecule has 0 radical (unpaired) electrons. The molecule has 0 saturated carbocycles. The number of unbranched alkanes of at least 4 members (excludes halogenated alkanes) is 1. The smallest absolute Gasteiger partial charge is 0.430 e. The van der Waals surface area contributed by atoms with E-state index in [2.05, 4.69) is 21.9 Å². The van der Waals surface area contributed by atoms with Gasteiger partial charge in [0.15, 0.2) is 0 Å². The van der Waals surface area contributed by atoms with Crippen LogP contribution in [0.15, 0.2) is 45.9 Å². The van der Waals surface area contributed by atoms with Crippen molar-refractivity contribution in [3.8, 4) is 11.3 Å². The number of ether oxygens (including phenoxy) is 1. The van der Waals surface area contributed by atoms with Gasteiger partial charge in [0.2, 0.25) is 0 Å². The first-order valence-electron chi connectivity index (χ1n) is 10.9. The van der Waals surface area contributed by atoms with Gasteiger partial charge in [0.25, 0.3) is 0 Å². The average Bonchev–Trinajstić information content (AvgIpc) is 3.38. The molecule has 0 bridgehead atoms. The van der Waals surface area contributed by atoms with Gasteiger partial charge in [-0.3, -0.25) is 0 Å².